The molecule has 1 saturated heterocycles. The maximum atomic E-state index is 13.3. The van der Waals surface area contributed by atoms with E-state index in [1.165, 1.54) is 0 Å². The summed E-state index contributed by atoms with van der Waals surface area (Å²) in [5.41, 5.74) is 5.61. The van der Waals surface area contributed by atoms with Crippen LogP contribution in [-0.2, 0) is 14.3 Å². The fourth-order valence-electron chi connectivity index (χ4n) is 4.57. The highest BCUT2D eigenvalue weighted by Gasteiger charge is 2.37. The van der Waals surface area contributed by atoms with Gasteiger partial charge in [0.05, 0.1) is 17.9 Å². The molecule has 0 saturated carbocycles. The number of aryl methyl sites for hydroxylation is 2. The molecule has 3 rings (SSSR count). The summed E-state index contributed by atoms with van der Waals surface area (Å²) in [6.07, 6.45) is 1.33. The van der Waals surface area contributed by atoms with Crippen molar-refractivity contribution in [3.8, 4) is 11.1 Å². The predicted octanol–water partition coefficient (Wildman–Crippen LogP) is 6.41. The number of pyridine rings is 1. The lowest BCUT2D eigenvalue weighted by atomic mass is 9.82. The van der Waals surface area contributed by atoms with E-state index < -0.39 is 11.7 Å². The first-order valence-electron chi connectivity index (χ1n) is 12.1. The summed E-state index contributed by atoms with van der Waals surface area (Å²) < 4.78 is 11.9. The Labute approximate surface area is 199 Å². The number of piperidine rings is 1. The Bertz CT molecular complexity index is 967. The Morgan fingerprint density at radius 2 is 1.70 bits per heavy atom. The molecule has 0 aliphatic carbocycles. The van der Waals surface area contributed by atoms with Crippen LogP contribution in [0.2, 0.25) is 0 Å². The average molecular weight is 453 g/mol. The zero-order valence-corrected chi connectivity index (χ0v) is 21.6. The third-order valence-electron chi connectivity index (χ3n) is 6.31. The average Bonchev–Trinajstić information content (AvgIpc) is 2.72. The molecule has 2 heterocycles. The number of hydrogen-bond donors (Lipinski definition) is 0. The third-order valence-corrected chi connectivity index (χ3v) is 6.31. The topological polar surface area (TPSA) is 51.7 Å². The van der Waals surface area contributed by atoms with Gasteiger partial charge in [-0.05, 0) is 65.4 Å². The van der Waals surface area contributed by atoms with Crippen LogP contribution in [0.1, 0.15) is 77.4 Å². The number of benzene rings is 1. The Hall–Kier alpha value is -2.40. The summed E-state index contributed by atoms with van der Waals surface area (Å²) >= 11 is 0. The second kappa shape index (κ2) is 9.84. The predicted molar refractivity (Wildman–Crippen MR) is 135 cm³/mol. The quantitative estimate of drug-likeness (QED) is 0.474. The SMILES string of the molecule is CCOC(=O)[C@@H](OC(C)(C)C)c1c(C)nc(C)c(-c2ccccc2)c1N1CCC(C)(C)CC1. The monoisotopic (exact) mass is 452 g/mol. The summed E-state index contributed by atoms with van der Waals surface area (Å²) in [5.74, 6) is -0.362. The smallest absolute Gasteiger partial charge is 0.340 e. The zero-order valence-electron chi connectivity index (χ0n) is 21.6. The Morgan fingerprint density at radius 1 is 1.09 bits per heavy atom. The van der Waals surface area contributed by atoms with Crippen LogP contribution in [0.3, 0.4) is 0 Å². The number of carbonyl (C=O) groups is 1. The van der Waals surface area contributed by atoms with Crippen molar-refractivity contribution >= 4 is 11.7 Å². The van der Waals surface area contributed by atoms with Crippen molar-refractivity contribution in [2.45, 2.75) is 79.9 Å². The minimum absolute atomic E-state index is 0.306. The highest BCUT2D eigenvalue weighted by atomic mass is 16.6. The maximum absolute atomic E-state index is 13.3. The Balaban J connectivity index is 2.28. The highest BCUT2D eigenvalue weighted by molar-refractivity contribution is 5.88. The number of ether oxygens (including phenoxy) is 2. The fourth-order valence-corrected chi connectivity index (χ4v) is 4.57. The molecule has 1 aromatic heterocycles. The molecule has 2 aromatic rings. The van der Waals surface area contributed by atoms with E-state index in [0.717, 1.165) is 59.7 Å². The molecule has 0 unspecified atom stereocenters. The molecule has 1 aromatic carbocycles. The summed E-state index contributed by atoms with van der Waals surface area (Å²) in [5, 5.41) is 0. The molecular weight excluding hydrogens is 412 g/mol. The summed E-state index contributed by atoms with van der Waals surface area (Å²) in [7, 11) is 0. The second-order valence-corrected chi connectivity index (χ2v) is 10.8. The van der Waals surface area contributed by atoms with E-state index in [4.69, 9.17) is 14.5 Å². The first-order chi connectivity index (χ1) is 15.4. The van der Waals surface area contributed by atoms with Gasteiger partial charge >= 0.3 is 5.97 Å². The van der Waals surface area contributed by atoms with E-state index in [0.29, 0.717) is 12.0 Å². The number of aromatic nitrogens is 1. The van der Waals surface area contributed by atoms with Gasteiger partial charge in [-0.15, -0.1) is 0 Å². The summed E-state index contributed by atoms with van der Waals surface area (Å²) in [6, 6.07) is 10.3. The van der Waals surface area contributed by atoms with Gasteiger partial charge in [0.25, 0.3) is 0 Å². The molecule has 5 heteroatoms. The van der Waals surface area contributed by atoms with Crippen LogP contribution in [0.5, 0.6) is 0 Å². The van der Waals surface area contributed by atoms with Gasteiger partial charge in [0.2, 0.25) is 0 Å². The molecule has 0 N–H and O–H groups in total. The molecule has 1 aliphatic rings. The highest BCUT2D eigenvalue weighted by Crippen LogP contribution is 2.44. The van der Waals surface area contributed by atoms with Gasteiger partial charge in [0.1, 0.15) is 0 Å². The number of esters is 1. The molecule has 1 fully saturated rings. The minimum atomic E-state index is -0.842. The van der Waals surface area contributed by atoms with Crippen LogP contribution in [0.4, 0.5) is 5.69 Å². The van der Waals surface area contributed by atoms with Crippen LogP contribution in [0.25, 0.3) is 11.1 Å². The maximum Gasteiger partial charge on any atom is 0.340 e. The van der Waals surface area contributed by atoms with Crippen molar-refractivity contribution in [3.05, 3.63) is 47.3 Å². The van der Waals surface area contributed by atoms with E-state index in [9.17, 15) is 4.79 Å². The van der Waals surface area contributed by atoms with Crippen LogP contribution in [0, 0.1) is 19.3 Å². The van der Waals surface area contributed by atoms with Gasteiger partial charge in [0.15, 0.2) is 6.10 Å². The van der Waals surface area contributed by atoms with Gasteiger partial charge < -0.3 is 14.4 Å². The standard InChI is InChI=1S/C28H40N2O3/c1-9-32-26(31)25(33-27(4,5)6)23-20(3)29-19(2)22(21-13-11-10-12-14-21)24(23)30-17-15-28(7,8)16-18-30/h10-14,25H,9,15-18H2,1-8H3/t25-/m0/s1. The fraction of sp³-hybridized carbons (Fsp3) is 0.571. The van der Waals surface area contributed by atoms with E-state index >= 15 is 0 Å². The summed E-state index contributed by atoms with van der Waals surface area (Å²) in [4.78, 5) is 20.6. The van der Waals surface area contributed by atoms with Crippen LogP contribution in [-0.4, -0.2) is 36.3 Å². The molecule has 1 atom stereocenters. The van der Waals surface area contributed by atoms with Crippen LogP contribution < -0.4 is 4.90 Å². The van der Waals surface area contributed by atoms with E-state index in [-0.39, 0.29) is 5.97 Å². The van der Waals surface area contributed by atoms with Crippen molar-refractivity contribution in [3.63, 3.8) is 0 Å². The largest absolute Gasteiger partial charge is 0.464 e. The lowest BCUT2D eigenvalue weighted by Gasteiger charge is -2.41. The normalized spacial score (nSPS) is 17.0. The Morgan fingerprint density at radius 3 is 2.24 bits per heavy atom. The molecule has 180 valence electrons. The number of hydrogen-bond acceptors (Lipinski definition) is 5. The first kappa shape index (κ1) is 25.2. The lowest BCUT2D eigenvalue weighted by Crippen LogP contribution is -2.39. The van der Waals surface area contributed by atoms with Crippen LogP contribution >= 0.6 is 0 Å². The number of nitrogens with zero attached hydrogens (tertiary/aromatic N) is 2. The molecule has 5 nitrogen and oxygen atoms in total. The molecule has 0 bridgehead atoms. The second-order valence-electron chi connectivity index (χ2n) is 10.8. The molecule has 0 radical (unpaired) electrons. The zero-order chi connectivity index (χ0) is 24.4. The van der Waals surface area contributed by atoms with Gasteiger partial charge in [-0.3, -0.25) is 4.98 Å². The Kier molecular flexibility index (Phi) is 7.52. The minimum Gasteiger partial charge on any atom is -0.464 e. The van der Waals surface area contributed by atoms with Crippen molar-refractivity contribution < 1.29 is 14.3 Å². The summed E-state index contributed by atoms with van der Waals surface area (Å²) in [6.45, 7) is 18.6. The van der Waals surface area contributed by atoms with Crippen molar-refractivity contribution in [2.75, 3.05) is 24.6 Å². The van der Waals surface area contributed by atoms with Crippen molar-refractivity contribution in [1.82, 2.24) is 4.98 Å². The van der Waals surface area contributed by atoms with Crippen molar-refractivity contribution in [1.29, 1.82) is 0 Å². The number of rotatable bonds is 6. The molecular formula is C28H40N2O3. The number of carbonyl (C=O) groups excluding carboxylic acids is 1. The van der Waals surface area contributed by atoms with Crippen molar-refractivity contribution in [2.24, 2.45) is 5.41 Å². The lowest BCUT2D eigenvalue weighted by molar-refractivity contribution is -0.166. The first-order valence-corrected chi connectivity index (χ1v) is 12.1. The van der Waals surface area contributed by atoms with Gasteiger partial charge in [-0.25, -0.2) is 4.79 Å². The van der Waals surface area contributed by atoms with E-state index in [2.05, 4.69) is 37.8 Å². The van der Waals surface area contributed by atoms with Gasteiger partial charge in [-0.2, -0.15) is 0 Å². The number of anilines is 1. The molecule has 33 heavy (non-hydrogen) atoms. The molecule has 1 aliphatic heterocycles. The molecule has 0 amide bonds. The van der Waals surface area contributed by atoms with E-state index in [1.54, 1.807) is 0 Å². The van der Waals surface area contributed by atoms with E-state index in [1.807, 2.05) is 52.8 Å². The molecule has 0 spiro atoms. The third kappa shape index (κ3) is 5.94. The van der Waals surface area contributed by atoms with Crippen LogP contribution in [0.15, 0.2) is 30.3 Å². The van der Waals surface area contributed by atoms with Gasteiger partial charge in [0, 0.05) is 35.6 Å². The van der Waals surface area contributed by atoms with Gasteiger partial charge in [-0.1, -0.05) is 44.2 Å².